The fourth-order valence-electron chi connectivity index (χ4n) is 3.52. The number of aliphatic hydroxyl groups is 2. The van der Waals surface area contributed by atoms with E-state index in [0.29, 0.717) is 0 Å². The van der Waals surface area contributed by atoms with Gasteiger partial charge in [0.25, 0.3) is 5.56 Å². The SMILES string of the molecule is Cc1cc(=O)[nH]c(=O)n1[C@@H]1O[C@H](COP(=O)(N[C@@H](C)C(=O)OC(C)C)Oc2ccccc2)[C@@H](O)[C@H]1O. The number of ether oxygens (including phenoxy) is 2. The molecule has 0 bridgehead atoms. The summed E-state index contributed by atoms with van der Waals surface area (Å²) in [4.78, 5) is 38.1. The fraction of sp³-hybridized carbons (Fsp3) is 0.500. The van der Waals surface area contributed by atoms with Gasteiger partial charge in [-0.25, -0.2) is 9.36 Å². The van der Waals surface area contributed by atoms with Gasteiger partial charge in [-0.2, -0.15) is 5.09 Å². The zero-order valence-electron chi connectivity index (χ0n) is 20.2. The third-order valence-corrected chi connectivity index (χ3v) is 6.84. The maximum Gasteiger partial charge on any atom is 0.459 e. The first-order chi connectivity index (χ1) is 16.9. The summed E-state index contributed by atoms with van der Waals surface area (Å²) in [7, 11) is -4.25. The lowest BCUT2D eigenvalue weighted by molar-refractivity contribution is -0.149. The van der Waals surface area contributed by atoms with Gasteiger partial charge < -0.3 is 24.2 Å². The predicted octanol–water partition coefficient (Wildman–Crippen LogP) is 0.598. The van der Waals surface area contributed by atoms with Crippen molar-refractivity contribution in [1.29, 1.82) is 0 Å². The Kier molecular flexibility index (Phi) is 8.88. The molecule has 36 heavy (non-hydrogen) atoms. The highest BCUT2D eigenvalue weighted by atomic mass is 31.2. The Bertz CT molecular complexity index is 1210. The van der Waals surface area contributed by atoms with Crippen molar-refractivity contribution in [3.05, 3.63) is 62.9 Å². The summed E-state index contributed by atoms with van der Waals surface area (Å²) < 4.78 is 36.3. The molecule has 0 spiro atoms. The van der Waals surface area contributed by atoms with Gasteiger partial charge in [0.15, 0.2) is 6.23 Å². The number of carbonyl (C=O) groups excluding carboxylic acids is 1. The Hall–Kier alpha value is -2.80. The van der Waals surface area contributed by atoms with E-state index in [1.165, 1.54) is 26.0 Å². The van der Waals surface area contributed by atoms with Crippen LogP contribution in [0, 0.1) is 6.92 Å². The first kappa shape index (κ1) is 27.8. The summed E-state index contributed by atoms with van der Waals surface area (Å²) in [5.74, 6) is -0.509. The molecular formula is C22H30N3O10P. The molecule has 1 saturated heterocycles. The van der Waals surface area contributed by atoms with Crippen molar-refractivity contribution in [1.82, 2.24) is 14.6 Å². The molecule has 1 aromatic carbocycles. The zero-order valence-corrected chi connectivity index (χ0v) is 21.1. The van der Waals surface area contributed by atoms with Crippen molar-refractivity contribution in [2.24, 2.45) is 0 Å². The fourth-order valence-corrected chi connectivity index (χ4v) is 5.03. The second-order valence-electron chi connectivity index (χ2n) is 8.53. The molecule has 0 saturated carbocycles. The number of aromatic nitrogens is 2. The van der Waals surface area contributed by atoms with E-state index in [-0.39, 0.29) is 11.4 Å². The van der Waals surface area contributed by atoms with E-state index in [2.05, 4.69) is 10.1 Å². The van der Waals surface area contributed by atoms with Gasteiger partial charge in [0.1, 0.15) is 30.1 Å². The zero-order chi connectivity index (χ0) is 26.6. The lowest BCUT2D eigenvalue weighted by Crippen LogP contribution is -2.39. The number of aliphatic hydroxyl groups excluding tert-OH is 2. The topological polar surface area (TPSA) is 178 Å². The molecule has 0 radical (unpaired) electrons. The van der Waals surface area contributed by atoms with E-state index in [4.69, 9.17) is 18.5 Å². The molecule has 1 aliphatic rings. The number of para-hydroxylation sites is 1. The largest absolute Gasteiger partial charge is 0.462 e. The number of aromatic amines is 1. The highest BCUT2D eigenvalue weighted by Gasteiger charge is 2.46. The normalized spacial score (nSPS) is 24.3. The monoisotopic (exact) mass is 527 g/mol. The Balaban J connectivity index is 1.78. The van der Waals surface area contributed by atoms with Crippen LogP contribution in [0.5, 0.6) is 5.75 Å². The van der Waals surface area contributed by atoms with E-state index < -0.39 is 68.3 Å². The molecule has 1 aromatic heterocycles. The third kappa shape index (κ3) is 6.69. The third-order valence-electron chi connectivity index (χ3n) is 5.20. The van der Waals surface area contributed by atoms with Gasteiger partial charge in [-0.15, -0.1) is 0 Å². The number of benzene rings is 1. The van der Waals surface area contributed by atoms with Gasteiger partial charge in [0.2, 0.25) is 0 Å². The van der Waals surface area contributed by atoms with Crippen molar-refractivity contribution >= 4 is 13.7 Å². The number of esters is 1. The Morgan fingerprint density at radius 3 is 2.47 bits per heavy atom. The van der Waals surface area contributed by atoms with E-state index in [0.717, 1.165) is 10.6 Å². The molecule has 6 atom stereocenters. The Labute approximate surface area is 206 Å². The van der Waals surface area contributed by atoms with Crippen LogP contribution in [0.25, 0.3) is 0 Å². The number of hydrogen-bond donors (Lipinski definition) is 4. The molecule has 0 amide bonds. The summed E-state index contributed by atoms with van der Waals surface area (Å²) in [5.41, 5.74) is -1.27. The molecule has 0 aliphatic carbocycles. The van der Waals surface area contributed by atoms with Gasteiger partial charge in [0.05, 0.1) is 12.7 Å². The van der Waals surface area contributed by atoms with E-state index >= 15 is 0 Å². The van der Waals surface area contributed by atoms with Crippen LogP contribution in [0.2, 0.25) is 0 Å². The van der Waals surface area contributed by atoms with E-state index in [1.807, 2.05) is 0 Å². The highest BCUT2D eigenvalue weighted by molar-refractivity contribution is 7.52. The van der Waals surface area contributed by atoms with Crippen LogP contribution in [0.4, 0.5) is 0 Å². The number of rotatable bonds is 10. The number of hydrogen-bond acceptors (Lipinski definition) is 10. The molecule has 1 unspecified atom stereocenters. The molecule has 2 aromatic rings. The van der Waals surface area contributed by atoms with Crippen LogP contribution in [0.1, 0.15) is 32.7 Å². The lowest BCUT2D eigenvalue weighted by Gasteiger charge is -2.25. The highest BCUT2D eigenvalue weighted by Crippen LogP contribution is 2.46. The van der Waals surface area contributed by atoms with Crippen LogP contribution < -0.4 is 20.9 Å². The van der Waals surface area contributed by atoms with Crippen molar-refractivity contribution < 1.29 is 38.1 Å². The first-order valence-electron chi connectivity index (χ1n) is 11.2. The molecule has 2 heterocycles. The van der Waals surface area contributed by atoms with Crippen molar-refractivity contribution in [3.63, 3.8) is 0 Å². The molecule has 13 nitrogen and oxygen atoms in total. The maximum absolute atomic E-state index is 13.6. The smallest absolute Gasteiger partial charge is 0.459 e. The van der Waals surface area contributed by atoms with Crippen LogP contribution in [-0.4, -0.2) is 62.8 Å². The van der Waals surface area contributed by atoms with Crippen LogP contribution in [0.15, 0.2) is 46.0 Å². The van der Waals surface area contributed by atoms with Gasteiger partial charge in [-0.1, -0.05) is 18.2 Å². The van der Waals surface area contributed by atoms with Crippen molar-refractivity contribution in [2.75, 3.05) is 6.61 Å². The number of nitrogens with zero attached hydrogens (tertiary/aromatic N) is 1. The second-order valence-corrected chi connectivity index (χ2v) is 10.2. The minimum absolute atomic E-state index is 0.180. The van der Waals surface area contributed by atoms with Gasteiger partial charge in [-0.3, -0.25) is 23.7 Å². The average Bonchev–Trinajstić information content (AvgIpc) is 3.06. The van der Waals surface area contributed by atoms with E-state index in [9.17, 15) is 29.2 Å². The molecule has 4 N–H and O–H groups in total. The summed E-state index contributed by atoms with van der Waals surface area (Å²) >= 11 is 0. The van der Waals surface area contributed by atoms with Crippen LogP contribution >= 0.6 is 7.75 Å². The molecular weight excluding hydrogens is 497 g/mol. The number of nitrogens with one attached hydrogen (secondary N) is 2. The summed E-state index contributed by atoms with van der Waals surface area (Å²) in [6, 6.07) is 8.12. The van der Waals surface area contributed by atoms with Gasteiger partial charge in [0, 0.05) is 11.8 Å². The first-order valence-corrected chi connectivity index (χ1v) is 12.8. The lowest BCUT2D eigenvalue weighted by atomic mass is 10.1. The minimum atomic E-state index is -4.25. The molecule has 1 fully saturated rings. The van der Waals surface area contributed by atoms with E-state index in [1.54, 1.807) is 32.0 Å². The molecule has 1 aliphatic heterocycles. The standard InChI is InChI=1S/C22H30N3O10P/c1-12(2)33-21(29)14(4)24-36(31,35-15-8-6-5-7-9-15)32-11-16-18(27)19(28)20(34-16)25-13(3)10-17(26)23-22(25)30/h5-10,12,14,16,18-20,27-28H,11H2,1-4H3,(H,24,31)(H,23,26,30)/t14-,16+,18+,19+,20+,36?/m0/s1. The maximum atomic E-state index is 13.6. The summed E-state index contributed by atoms with van der Waals surface area (Å²) in [5, 5.41) is 23.5. The average molecular weight is 527 g/mol. The van der Waals surface area contributed by atoms with Gasteiger partial charge >= 0.3 is 19.4 Å². The summed E-state index contributed by atoms with van der Waals surface area (Å²) in [6.45, 7) is 5.66. The van der Waals surface area contributed by atoms with Gasteiger partial charge in [-0.05, 0) is 39.8 Å². The van der Waals surface area contributed by atoms with Crippen LogP contribution in [0.3, 0.4) is 0 Å². The number of aryl methyl sites for hydroxylation is 1. The summed E-state index contributed by atoms with van der Waals surface area (Å²) in [6.07, 6.45) is -6.10. The Morgan fingerprint density at radius 2 is 1.86 bits per heavy atom. The predicted molar refractivity (Wildman–Crippen MR) is 126 cm³/mol. The van der Waals surface area contributed by atoms with Crippen molar-refractivity contribution in [2.45, 2.75) is 64.4 Å². The molecule has 3 rings (SSSR count). The Morgan fingerprint density at radius 1 is 1.19 bits per heavy atom. The number of carbonyl (C=O) groups is 1. The second kappa shape index (κ2) is 11.5. The van der Waals surface area contributed by atoms with Crippen molar-refractivity contribution in [3.8, 4) is 5.75 Å². The van der Waals surface area contributed by atoms with Crippen LogP contribution in [-0.2, 0) is 23.4 Å². The minimum Gasteiger partial charge on any atom is -0.462 e. The molecule has 198 valence electrons. The quantitative estimate of drug-likeness (QED) is 0.251. The number of H-pyrrole nitrogens is 1. The molecule has 14 heteroatoms.